The molecular weight excluding hydrogens is 194 g/mol. The highest BCUT2D eigenvalue weighted by atomic mass is 16.4. The van der Waals surface area contributed by atoms with Crippen LogP contribution in [0, 0.1) is 11.8 Å². The summed E-state index contributed by atoms with van der Waals surface area (Å²) in [5.41, 5.74) is 0. The van der Waals surface area contributed by atoms with Crippen LogP contribution in [-0.2, 0) is 9.59 Å². The molecule has 0 radical (unpaired) electrons. The third-order valence-electron chi connectivity index (χ3n) is 2.55. The Morgan fingerprint density at radius 1 is 1.20 bits per heavy atom. The standard InChI is InChI=1S/C11H21NO3/c1-8(2)9(3)7-12-10(13)5-4-6-11(14)15/h8-9H,4-7H2,1-3H3,(H,12,13)(H,14,15). The smallest absolute Gasteiger partial charge is 0.303 e. The number of hydrogen-bond donors (Lipinski definition) is 2. The molecule has 0 bridgehead atoms. The van der Waals surface area contributed by atoms with Gasteiger partial charge in [0.15, 0.2) is 0 Å². The van der Waals surface area contributed by atoms with E-state index in [9.17, 15) is 9.59 Å². The molecule has 0 aromatic carbocycles. The summed E-state index contributed by atoms with van der Waals surface area (Å²) in [4.78, 5) is 21.5. The second kappa shape index (κ2) is 7.26. The van der Waals surface area contributed by atoms with Crippen LogP contribution in [-0.4, -0.2) is 23.5 Å². The van der Waals surface area contributed by atoms with Gasteiger partial charge in [-0.3, -0.25) is 9.59 Å². The van der Waals surface area contributed by atoms with E-state index in [1.807, 2.05) is 0 Å². The van der Waals surface area contributed by atoms with Crippen LogP contribution in [0.3, 0.4) is 0 Å². The Hall–Kier alpha value is -1.06. The lowest BCUT2D eigenvalue weighted by Gasteiger charge is -2.15. The molecule has 15 heavy (non-hydrogen) atoms. The van der Waals surface area contributed by atoms with Crippen LogP contribution in [0.5, 0.6) is 0 Å². The third kappa shape index (κ3) is 7.97. The van der Waals surface area contributed by atoms with Crippen LogP contribution in [0.4, 0.5) is 0 Å². The number of amides is 1. The first-order valence-corrected chi connectivity index (χ1v) is 5.42. The molecule has 0 aromatic heterocycles. The van der Waals surface area contributed by atoms with Crippen molar-refractivity contribution in [2.75, 3.05) is 6.54 Å². The van der Waals surface area contributed by atoms with Crippen molar-refractivity contribution in [2.45, 2.75) is 40.0 Å². The molecule has 0 heterocycles. The number of nitrogens with one attached hydrogen (secondary N) is 1. The van der Waals surface area contributed by atoms with Gasteiger partial charge in [-0.25, -0.2) is 0 Å². The maximum Gasteiger partial charge on any atom is 0.303 e. The van der Waals surface area contributed by atoms with Gasteiger partial charge in [0.2, 0.25) is 5.91 Å². The van der Waals surface area contributed by atoms with E-state index >= 15 is 0 Å². The molecule has 4 nitrogen and oxygen atoms in total. The number of carbonyl (C=O) groups is 2. The van der Waals surface area contributed by atoms with E-state index in [2.05, 4.69) is 26.1 Å². The number of carbonyl (C=O) groups excluding carboxylic acids is 1. The van der Waals surface area contributed by atoms with Gasteiger partial charge in [0, 0.05) is 19.4 Å². The zero-order valence-corrected chi connectivity index (χ0v) is 9.75. The second-order valence-electron chi connectivity index (χ2n) is 4.27. The largest absolute Gasteiger partial charge is 0.481 e. The van der Waals surface area contributed by atoms with Crippen molar-refractivity contribution in [2.24, 2.45) is 11.8 Å². The fraction of sp³-hybridized carbons (Fsp3) is 0.818. The van der Waals surface area contributed by atoms with E-state index in [0.29, 0.717) is 31.2 Å². The summed E-state index contributed by atoms with van der Waals surface area (Å²) >= 11 is 0. The minimum absolute atomic E-state index is 0.0521. The Morgan fingerprint density at radius 3 is 2.27 bits per heavy atom. The monoisotopic (exact) mass is 215 g/mol. The Balaban J connectivity index is 3.53. The Bertz CT molecular complexity index is 214. The maximum absolute atomic E-state index is 11.2. The normalized spacial score (nSPS) is 12.5. The fourth-order valence-electron chi connectivity index (χ4n) is 0.999. The molecule has 0 spiro atoms. The van der Waals surface area contributed by atoms with Gasteiger partial charge in [0.1, 0.15) is 0 Å². The van der Waals surface area contributed by atoms with Gasteiger partial charge in [0.25, 0.3) is 0 Å². The Morgan fingerprint density at radius 2 is 1.80 bits per heavy atom. The van der Waals surface area contributed by atoms with Crippen LogP contribution in [0.1, 0.15) is 40.0 Å². The molecule has 1 atom stereocenters. The van der Waals surface area contributed by atoms with Gasteiger partial charge in [0.05, 0.1) is 0 Å². The van der Waals surface area contributed by atoms with Crippen molar-refractivity contribution in [3.63, 3.8) is 0 Å². The highest BCUT2D eigenvalue weighted by molar-refractivity contribution is 5.76. The fourth-order valence-corrected chi connectivity index (χ4v) is 0.999. The van der Waals surface area contributed by atoms with Crippen LogP contribution in [0.25, 0.3) is 0 Å². The highest BCUT2D eigenvalue weighted by Gasteiger charge is 2.09. The molecule has 0 rings (SSSR count). The summed E-state index contributed by atoms with van der Waals surface area (Å²) in [7, 11) is 0. The van der Waals surface area contributed by atoms with E-state index in [4.69, 9.17) is 5.11 Å². The summed E-state index contributed by atoms with van der Waals surface area (Å²) in [5.74, 6) is 0.0971. The lowest BCUT2D eigenvalue weighted by atomic mass is 9.98. The average molecular weight is 215 g/mol. The van der Waals surface area contributed by atoms with Crippen LogP contribution >= 0.6 is 0 Å². The molecular formula is C11H21NO3. The molecule has 0 aliphatic carbocycles. The first kappa shape index (κ1) is 13.9. The Labute approximate surface area is 91.1 Å². The summed E-state index contributed by atoms with van der Waals surface area (Å²) in [6.45, 7) is 6.98. The predicted molar refractivity (Wildman–Crippen MR) is 58.5 cm³/mol. The molecule has 0 saturated heterocycles. The molecule has 0 aliphatic heterocycles. The van der Waals surface area contributed by atoms with Gasteiger partial charge < -0.3 is 10.4 Å². The first-order chi connectivity index (χ1) is 6.93. The maximum atomic E-state index is 11.2. The topological polar surface area (TPSA) is 66.4 Å². The lowest BCUT2D eigenvalue weighted by Crippen LogP contribution is -2.29. The zero-order valence-electron chi connectivity index (χ0n) is 9.75. The van der Waals surface area contributed by atoms with Gasteiger partial charge >= 0.3 is 5.97 Å². The molecule has 0 fully saturated rings. The summed E-state index contributed by atoms with van der Waals surface area (Å²) in [5, 5.41) is 11.2. The summed E-state index contributed by atoms with van der Waals surface area (Å²) in [6.07, 6.45) is 0.779. The lowest BCUT2D eigenvalue weighted by molar-refractivity contribution is -0.137. The van der Waals surface area contributed by atoms with E-state index < -0.39 is 5.97 Å². The van der Waals surface area contributed by atoms with Crippen LogP contribution in [0.2, 0.25) is 0 Å². The van der Waals surface area contributed by atoms with Crippen LogP contribution < -0.4 is 5.32 Å². The van der Waals surface area contributed by atoms with Crippen molar-refractivity contribution in [3.8, 4) is 0 Å². The van der Waals surface area contributed by atoms with E-state index in [1.165, 1.54) is 0 Å². The number of aliphatic carboxylic acids is 1. The quantitative estimate of drug-likeness (QED) is 0.678. The van der Waals surface area contributed by atoms with E-state index in [-0.39, 0.29) is 12.3 Å². The van der Waals surface area contributed by atoms with E-state index in [1.54, 1.807) is 0 Å². The van der Waals surface area contributed by atoms with Gasteiger partial charge in [-0.15, -0.1) is 0 Å². The molecule has 0 saturated carbocycles. The van der Waals surface area contributed by atoms with Crippen molar-refractivity contribution < 1.29 is 14.7 Å². The first-order valence-electron chi connectivity index (χ1n) is 5.42. The zero-order chi connectivity index (χ0) is 11.8. The third-order valence-corrected chi connectivity index (χ3v) is 2.55. The molecule has 88 valence electrons. The Kier molecular flexibility index (Phi) is 6.75. The predicted octanol–water partition coefficient (Wildman–Crippen LogP) is 1.65. The molecule has 2 N–H and O–H groups in total. The summed E-state index contributed by atoms with van der Waals surface area (Å²) < 4.78 is 0. The number of hydrogen-bond acceptors (Lipinski definition) is 2. The van der Waals surface area contributed by atoms with Crippen molar-refractivity contribution in [1.29, 1.82) is 0 Å². The minimum Gasteiger partial charge on any atom is -0.481 e. The second-order valence-corrected chi connectivity index (χ2v) is 4.27. The minimum atomic E-state index is -0.849. The molecule has 4 heteroatoms. The number of carboxylic acid groups (broad SMARTS) is 1. The van der Waals surface area contributed by atoms with Crippen molar-refractivity contribution in [1.82, 2.24) is 5.32 Å². The highest BCUT2D eigenvalue weighted by Crippen LogP contribution is 2.07. The summed E-state index contributed by atoms with van der Waals surface area (Å²) in [6, 6.07) is 0. The number of carboxylic acids is 1. The molecule has 1 amide bonds. The van der Waals surface area contributed by atoms with Crippen molar-refractivity contribution in [3.05, 3.63) is 0 Å². The molecule has 0 aliphatic rings. The van der Waals surface area contributed by atoms with Gasteiger partial charge in [-0.2, -0.15) is 0 Å². The van der Waals surface area contributed by atoms with Gasteiger partial charge in [-0.05, 0) is 18.3 Å². The SMILES string of the molecule is CC(C)C(C)CNC(=O)CCCC(=O)O. The molecule has 1 unspecified atom stereocenters. The molecule has 0 aromatic rings. The van der Waals surface area contributed by atoms with E-state index in [0.717, 1.165) is 0 Å². The average Bonchev–Trinajstić information content (AvgIpc) is 2.13. The number of rotatable bonds is 7. The van der Waals surface area contributed by atoms with Gasteiger partial charge in [-0.1, -0.05) is 20.8 Å². The van der Waals surface area contributed by atoms with Crippen molar-refractivity contribution >= 4 is 11.9 Å². The van der Waals surface area contributed by atoms with Crippen LogP contribution in [0.15, 0.2) is 0 Å².